The molecule has 0 unspecified atom stereocenters. The summed E-state index contributed by atoms with van der Waals surface area (Å²) in [6, 6.07) is 6.80. The molecule has 0 aliphatic carbocycles. The summed E-state index contributed by atoms with van der Waals surface area (Å²) in [7, 11) is -1.56. The van der Waals surface area contributed by atoms with Crippen molar-refractivity contribution in [2.24, 2.45) is 5.10 Å². The molecular weight excluding hydrogens is 317 g/mol. The Balaban J connectivity index is 1.96. The van der Waals surface area contributed by atoms with Crippen molar-refractivity contribution in [1.82, 2.24) is 4.98 Å². The minimum absolute atomic E-state index is 0.120. The van der Waals surface area contributed by atoms with Crippen LogP contribution in [0.1, 0.15) is 18.2 Å². The first-order chi connectivity index (χ1) is 11.1. The first kappa shape index (κ1) is 17.1. The van der Waals surface area contributed by atoms with Gasteiger partial charge in [-0.2, -0.15) is 5.10 Å². The number of thiazole rings is 1. The van der Waals surface area contributed by atoms with Gasteiger partial charge in [-0.1, -0.05) is 24.3 Å². The summed E-state index contributed by atoms with van der Waals surface area (Å²) in [6.07, 6.45) is 1.59. The van der Waals surface area contributed by atoms with Crippen LogP contribution >= 0.6 is 11.3 Å². The lowest BCUT2D eigenvalue weighted by molar-refractivity contribution is -0.142. The maximum atomic E-state index is 11.4. The highest BCUT2D eigenvalue weighted by Gasteiger charge is 2.13. The van der Waals surface area contributed by atoms with Gasteiger partial charge in [-0.15, -0.1) is 11.3 Å². The maximum Gasteiger partial charge on any atom is 0.489 e. The second-order valence-corrected chi connectivity index (χ2v) is 5.36. The van der Waals surface area contributed by atoms with E-state index in [1.807, 2.05) is 0 Å². The molecule has 2 rings (SSSR count). The van der Waals surface area contributed by atoms with Gasteiger partial charge in [0, 0.05) is 5.38 Å². The number of rotatable bonds is 7. The standard InChI is InChI=1S/C14H16BN3O4S/c1-2-22-13(19)7-11-9-23-14(17-11)18-16-8-10-5-3-4-6-12(10)15(20)21/h3-6,8-9,20-21H,2,7H2,1H3,(H,17,18). The van der Waals surface area contributed by atoms with E-state index in [0.717, 1.165) is 0 Å². The maximum absolute atomic E-state index is 11.4. The molecule has 7 nitrogen and oxygen atoms in total. The Bertz CT molecular complexity index is 690. The largest absolute Gasteiger partial charge is 0.489 e. The van der Waals surface area contributed by atoms with E-state index in [4.69, 9.17) is 4.74 Å². The number of hydrogen-bond acceptors (Lipinski definition) is 8. The molecule has 9 heteroatoms. The van der Waals surface area contributed by atoms with E-state index >= 15 is 0 Å². The SMILES string of the molecule is CCOC(=O)Cc1csc(NN=Cc2ccccc2B(O)O)n1. The van der Waals surface area contributed by atoms with Crippen LogP contribution in [0, 0.1) is 0 Å². The number of carbonyl (C=O) groups excluding carboxylic acids is 1. The predicted octanol–water partition coefficient (Wildman–Crippen LogP) is 0.374. The first-order valence-electron chi connectivity index (χ1n) is 6.94. The Morgan fingerprint density at radius 2 is 2.26 bits per heavy atom. The lowest BCUT2D eigenvalue weighted by Crippen LogP contribution is -2.32. The Morgan fingerprint density at radius 3 is 3.00 bits per heavy atom. The van der Waals surface area contributed by atoms with Gasteiger partial charge in [0.25, 0.3) is 0 Å². The van der Waals surface area contributed by atoms with Crippen molar-refractivity contribution >= 4 is 41.2 Å². The monoisotopic (exact) mass is 333 g/mol. The molecule has 1 aromatic heterocycles. The molecule has 1 heterocycles. The summed E-state index contributed by atoms with van der Waals surface area (Å²) in [6.45, 7) is 2.09. The van der Waals surface area contributed by atoms with Gasteiger partial charge in [-0.3, -0.25) is 10.2 Å². The van der Waals surface area contributed by atoms with Gasteiger partial charge >= 0.3 is 13.1 Å². The van der Waals surface area contributed by atoms with Crippen LogP contribution < -0.4 is 10.9 Å². The number of ether oxygens (including phenoxy) is 1. The number of hydrazone groups is 1. The molecule has 0 aliphatic rings. The number of aromatic nitrogens is 1. The Labute approximate surface area is 137 Å². The average Bonchev–Trinajstić information content (AvgIpc) is 2.95. The molecule has 0 spiro atoms. The summed E-state index contributed by atoms with van der Waals surface area (Å²) in [4.78, 5) is 15.6. The normalized spacial score (nSPS) is 10.7. The summed E-state index contributed by atoms with van der Waals surface area (Å²) in [5.41, 5.74) is 4.30. The zero-order chi connectivity index (χ0) is 16.7. The van der Waals surface area contributed by atoms with Crippen molar-refractivity contribution in [1.29, 1.82) is 0 Å². The highest BCUT2D eigenvalue weighted by molar-refractivity contribution is 7.13. The highest BCUT2D eigenvalue weighted by atomic mass is 32.1. The molecule has 0 radical (unpaired) electrons. The zero-order valence-electron chi connectivity index (χ0n) is 12.5. The van der Waals surface area contributed by atoms with E-state index in [1.165, 1.54) is 17.6 Å². The molecule has 2 aromatic rings. The average molecular weight is 333 g/mol. The third kappa shape index (κ3) is 5.17. The van der Waals surface area contributed by atoms with Gasteiger partial charge in [0.15, 0.2) is 0 Å². The van der Waals surface area contributed by atoms with E-state index in [-0.39, 0.29) is 12.4 Å². The number of benzene rings is 1. The molecule has 0 bridgehead atoms. The van der Waals surface area contributed by atoms with E-state index in [2.05, 4.69) is 15.5 Å². The van der Waals surface area contributed by atoms with E-state index in [0.29, 0.717) is 28.5 Å². The molecule has 1 aromatic carbocycles. The second-order valence-electron chi connectivity index (χ2n) is 4.50. The third-order valence-corrected chi connectivity index (χ3v) is 3.62. The van der Waals surface area contributed by atoms with Crippen LogP contribution in [0.4, 0.5) is 5.13 Å². The van der Waals surface area contributed by atoms with Gasteiger partial charge in [0.2, 0.25) is 5.13 Å². The molecule has 0 atom stereocenters. The Morgan fingerprint density at radius 1 is 1.48 bits per heavy atom. The molecule has 23 heavy (non-hydrogen) atoms. The Hall–Kier alpha value is -2.23. The highest BCUT2D eigenvalue weighted by Crippen LogP contribution is 2.16. The summed E-state index contributed by atoms with van der Waals surface area (Å²) < 4.78 is 4.86. The fourth-order valence-electron chi connectivity index (χ4n) is 1.82. The quantitative estimate of drug-likeness (QED) is 0.293. The molecule has 120 valence electrons. The number of anilines is 1. The van der Waals surface area contributed by atoms with Crippen LogP contribution in [0.15, 0.2) is 34.7 Å². The van der Waals surface area contributed by atoms with E-state index in [9.17, 15) is 14.8 Å². The van der Waals surface area contributed by atoms with E-state index in [1.54, 1.807) is 36.6 Å². The van der Waals surface area contributed by atoms with Crippen LogP contribution in [0.5, 0.6) is 0 Å². The van der Waals surface area contributed by atoms with Crippen molar-refractivity contribution in [3.05, 3.63) is 40.9 Å². The van der Waals surface area contributed by atoms with E-state index < -0.39 is 7.12 Å². The number of hydrogen-bond donors (Lipinski definition) is 3. The molecule has 0 saturated carbocycles. The molecule has 0 saturated heterocycles. The minimum Gasteiger partial charge on any atom is -0.466 e. The van der Waals surface area contributed by atoms with Crippen LogP contribution in [0.25, 0.3) is 0 Å². The first-order valence-corrected chi connectivity index (χ1v) is 7.82. The van der Waals surface area contributed by atoms with Gasteiger partial charge in [-0.25, -0.2) is 4.98 Å². The summed E-state index contributed by atoms with van der Waals surface area (Å²) in [5, 5.41) is 24.8. The second kappa shape index (κ2) is 8.42. The van der Waals surface area contributed by atoms with Crippen molar-refractivity contribution < 1.29 is 19.6 Å². The zero-order valence-corrected chi connectivity index (χ0v) is 13.3. The number of carbonyl (C=O) groups is 1. The molecule has 0 fully saturated rings. The molecule has 3 N–H and O–H groups in total. The lowest BCUT2D eigenvalue weighted by Gasteiger charge is -2.03. The summed E-state index contributed by atoms with van der Waals surface area (Å²) >= 11 is 1.31. The fourth-order valence-corrected chi connectivity index (χ4v) is 2.48. The predicted molar refractivity (Wildman–Crippen MR) is 89.9 cm³/mol. The van der Waals surface area contributed by atoms with Crippen molar-refractivity contribution in [3.63, 3.8) is 0 Å². The Kier molecular flexibility index (Phi) is 6.27. The van der Waals surface area contributed by atoms with Gasteiger partial charge in [-0.05, 0) is 17.9 Å². The topological polar surface area (TPSA) is 104 Å². The fraction of sp³-hybridized carbons (Fsp3) is 0.214. The summed E-state index contributed by atoms with van der Waals surface area (Å²) in [5.74, 6) is -0.321. The number of nitrogens with one attached hydrogen (secondary N) is 1. The third-order valence-electron chi connectivity index (χ3n) is 2.82. The van der Waals surface area contributed by atoms with Gasteiger partial charge in [0.05, 0.1) is 24.9 Å². The lowest BCUT2D eigenvalue weighted by atomic mass is 9.77. The smallest absolute Gasteiger partial charge is 0.466 e. The minimum atomic E-state index is -1.56. The van der Waals surface area contributed by atoms with Gasteiger partial charge < -0.3 is 14.8 Å². The van der Waals surface area contributed by atoms with Crippen LogP contribution in [0.2, 0.25) is 0 Å². The van der Waals surface area contributed by atoms with Crippen molar-refractivity contribution in [2.45, 2.75) is 13.3 Å². The number of esters is 1. The van der Waals surface area contributed by atoms with Crippen LogP contribution in [-0.2, 0) is 16.0 Å². The van der Waals surface area contributed by atoms with Crippen LogP contribution in [0.3, 0.4) is 0 Å². The van der Waals surface area contributed by atoms with Crippen LogP contribution in [-0.4, -0.2) is 40.9 Å². The molecule has 0 aliphatic heterocycles. The molecular formula is C14H16BN3O4S. The molecule has 0 amide bonds. The van der Waals surface area contributed by atoms with Gasteiger partial charge in [0.1, 0.15) is 0 Å². The van der Waals surface area contributed by atoms with Crippen molar-refractivity contribution in [2.75, 3.05) is 12.0 Å². The van der Waals surface area contributed by atoms with Crippen molar-refractivity contribution in [3.8, 4) is 0 Å². The number of nitrogens with zero attached hydrogens (tertiary/aromatic N) is 2.